The number of carbonyl (C=O) groups excluding carboxylic acids is 1. The first-order valence-corrected chi connectivity index (χ1v) is 5.13. The number of rotatable bonds is 5. The minimum absolute atomic E-state index is 0.0221. The van der Waals surface area contributed by atoms with Gasteiger partial charge in [0.25, 0.3) is 0 Å². The molecule has 0 atom stereocenters. The Morgan fingerprint density at radius 2 is 2.33 bits per heavy atom. The van der Waals surface area contributed by atoms with Crippen molar-refractivity contribution >= 4 is 11.7 Å². The molecule has 0 saturated carbocycles. The van der Waals surface area contributed by atoms with Crippen molar-refractivity contribution in [2.24, 2.45) is 0 Å². The van der Waals surface area contributed by atoms with Gasteiger partial charge in [0.2, 0.25) is 5.91 Å². The van der Waals surface area contributed by atoms with Crippen LogP contribution in [-0.4, -0.2) is 29.7 Å². The van der Waals surface area contributed by atoms with Gasteiger partial charge in [-0.05, 0) is 13.0 Å². The van der Waals surface area contributed by atoms with Gasteiger partial charge in [0.1, 0.15) is 0 Å². The molecule has 1 aromatic rings. The molecule has 0 aliphatic heterocycles. The Kier molecular flexibility index (Phi) is 4.30. The molecule has 15 heavy (non-hydrogen) atoms. The van der Waals surface area contributed by atoms with E-state index >= 15 is 0 Å². The SMILES string of the molecule is CNCCC(=O)Nc1cc(C(C)C)[nH]n1. The largest absolute Gasteiger partial charge is 0.319 e. The lowest BCUT2D eigenvalue weighted by molar-refractivity contribution is -0.116. The standard InChI is InChI=1S/C10H18N4O/c1-7(2)8-6-9(14-13-8)12-10(15)4-5-11-3/h6-7,11H,4-5H2,1-3H3,(H2,12,13,14,15). The van der Waals surface area contributed by atoms with Crippen molar-refractivity contribution in [2.75, 3.05) is 18.9 Å². The Balaban J connectivity index is 2.46. The van der Waals surface area contributed by atoms with Crippen LogP contribution in [0, 0.1) is 0 Å². The number of amides is 1. The van der Waals surface area contributed by atoms with Gasteiger partial charge in [-0.1, -0.05) is 13.8 Å². The van der Waals surface area contributed by atoms with Gasteiger partial charge in [-0.25, -0.2) is 0 Å². The normalized spacial score (nSPS) is 10.7. The molecule has 0 aliphatic carbocycles. The van der Waals surface area contributed by atoms with Gasteiger partial charge in [0.15, 0.2) is 5.82 Å². The van der Waals surface area contributed by atoms with Crippen LogP contribution >= 0.6 is 0 Å². The molecule has 5 nitrogen and oxygen atoms in total. The molecule has 1 heterocycles. The molecule has 0 bridgehead atoms. The molecule has 3 N–H and O–H groups in total. The lowest BCUT2D eigenvalue weighted by atomic mass is 10.1. The lowest BCUT2D eigenvalue weighted by Gasteiger charge is -2.00. The number of carbonyl (C=O) groups is 1. The molecule has 0 aromatic carbocycles. The number of nitrogens with one attached hydrogen (secondary N) is 3. The van der Waals surface area contributed by atoms with Gasteiger partial charge < -0.3 is 10.6 Å². The molecule has 0 saturated heterocycles. The van der Waals surface area contributed by atoms with E-state index in [9.17, 15) is 4.79 Å². The summed E-state index contributed by atoms with van der Waals surface area (Å²) in [5, 5.41) is 12.5. The van der Waals surface area contributed by atoms with E-state index in [2.05, 4.69) is 34.7 Å². The third-order valence-corrected chi connectivity index (χ3v) is 2.09. The van der Waals surface area contributed by atoms with Crippen molar-refractivity contribution in [2.45, 2.75) is 26.2 Å². The Morgan fingerprint density at radius 3 is 2.87 bits per heavy atom. The summed E-state index contributed by atoms with van der Waals surface area (Å²) < 4.78 is 0. The van der Waals surface area contributed by atoms with E-state index in [1.54, 1.807) is 0 Å². The fourth-order valence-electron chi connectivity index (χ4n) is 1.14. The highest BCUT2D eigenvalue weighted by molar-refractivity contribution is 5.89. The summed E-state index contributed by atoms with van der Waals surface area (Å²) in [5.41, 5.74) is 1.03. The summed E-state index contributed by atoms with van der Waals surface area (Å²) in [6, 6.07) is 1.86. The highest BCUT2D eigenvalue weighted by Gasteiger charge is 2.07. The first-order chi connectivity index (χ1) is 7.13. The van der Waals surface area contributed by atoms with Crippen LogP contribution in [-0.2, 0) is 4.79 Å². The summed E-state index contributed by atoms with van der Waals surface area (Å²) in [6.07, 6.45) is 0.459. The van der Waals surface area contributed by atoms with Crippen LogP contribution in [0.2, 0.25) is 0 Å². The molecular formula is C10H18N4O. The van der Waals surface area contributed by atoms with Crippen molar-refractivity contribution in [3.63, 3.8) is 0 Å². The maximum atomic E-state index is 11.3. The molecule has 0 aliphatic rings. The Morgan fingerprint density at radius 1 is 1.60 bits per heavy atom. The minimum Gasteiger partial charge on any atom is -0.319 e. The minimum atomic E-state index is -0.0221. The van der Waals surface area contributed by atoms with Crippen molar-refractivity contribution in [1.29, 1.82) is 0 Å². The summed E-state index contributed by atoms with van der Waals surface area (Å²) in [7, 11) is 1.82. The number of hydrogen-bond donors (Lipinski definition) is 3. The zero-order chi connectivity index (χ0) is 11.3. The summed E-state index contributed by atoms with van der Waals surface area (Å²) in [5.74, 6) is 0.964. The number of H-pyrrole nitrogens is 1. The molecule has 1 rings (SSSR count). The molecular weight excluding hydrogens is 192 g/mol. The van der Waals surface area contributed by atoms with E-state index in [4.69, 9.17) is 0 Å². The van der Waals surface area contributed by atoms with Gasteiger partial charge in [-0.3, -0.25) is 9.89 Å². The smallest absolute Gasteiger partial charge is 0.226 e. The summed E-state index contributed by atoms with van der Waals surface area (Å²) in [6.45, 7) is 4.81. The maximum absolute atomic E-state index is 11.3. The van der Waals surface area contributed by atoms with Gasteiger partial charge in [-0.15, -0.1) is 0 Å². The third kappa shape index (κ3) is 3.71. The first-order valence-electron chi connectivity index (χ1n) is 5.13. The number of hydrogen-bond acceptors (Lipinski definition) is 3. The van der Waals surface area contributed by atoms with E-state index in [0.29, 0.717) is 24.7 Å². The zero-order valence-electron chi connectivity index (χ0n) is 9.42. The van der Waals surface area contributed by atoms with Gasteiger partial charge in [0.05, 0.1) is 0 Å². The van der Waals surface area contributed by atoms with Crippen LogP contribution in [0.15, 0.2) is 6.07 Å². The zero-order valence-corrected chi connectivity index (χ0v) is 9.42. The predicted octanol–water partition coefficient (Wildman–Crippen LogP) is 1.08. The Labute approximate surface area is 89.6 Å². The second-order valence-electron chi connectivity index (χ2n) is 3.76. The van der Waals surface area contributed by atoms with Crippen LogP contribution in [0.4, 0.5) is 5.82 Å². The summed E-state index contributed by atoms with van der Waals surface area (Å²) >= 11 is 0. The lowest BCUT2D eigenvalue weighted by Crippen LogP contribution is -2.18. The highest BCUT2D eigenvalue weighted by Crippen LogP contribution is 2.14. The van der Waals surface area contributed by atoms with E-state index in [-0.39, 0.29) is 5.91 Å². The van der Waals surface area contributed by atoms with E-state index in [0.717, 1.165) is 5.69 Å². The Hall–Kier alpha value is -1.36. The molecule has 5 heteroatoms. The third-order valence-electron chi connectivity index (χ3n) is 2.09. The molecule has 0 fully saturated rings. The monoisotopic (exact) mass is 210 g/mol. The van der Waals surface area contributed by atoms with Crippen LogP contribution in [0.1, 0.15) is 31.9 Å². The fourth-order valence-corrected chi connectivity index (χ4v) is 1.14. The predicted molar refractivity (Wildman–Crippen MR) is 59.9 cm³/mol. The second kappa shape index (κ2) is 5.50. The van der Waals surface area contributed by atoms with Crippen LogP contribution < -0.4 is 10.6 Å². The molecule has 0 spiro atoms. The fraction of sp³-hybridized carbons (Fsp3) is 0.600. The number of nitrogens with zero attached hydrogens (tertiary/aromatic N) is 1. The number of aromatic nitrogens is 2. The molecule has 0 radical (unpaired) electrons. The number of anilines is 1. The van der Waals surface area contributed by atoms with Crippen LogP contribution in [0.3, 0.4) is 0 Å². The average molecular weight is 210 g/mol. The van der Waals surface area contributed by atoms with E-state index in [1.165, 1.54) is 0 Å². The van der Waals surface area contributed by atoms with Crippen molar-refractivity contribution < 1.29 is 4.79 Å². The van der Waals surface area contributed by atoms with Crippen molar-refractivity contribution in [1.82, 2.24) is 15.5 Å². The Bertz CT molecular complexity index is 319. The van der Waals surface area contributed by atoms with Crippen molar-refractivity contribution in [3.05, 3.63) is 11.8 Å². The van der Waals surface area contributed by atoms with Gasteiger partial charge >= 0.3 is 0 Å². The van der Waals surface area contributed by atoms with E-state index < -0.39 is 0 Å². The van der Waals surface area contributed by atoms with Crippen LogP contribution in [0.25, 0.3) is 0 Å². The summed E-state index contributed by atoms with van der Waals surface area (Å²) in [4.78, 5) is 11.3. The first kappa shape index (κ1) is 11.7. The molecule has 1 amide bonds. The van der Waals surface area contributed by atoms with Crippen LogP contribution in [0.5, 0.6) is 0 Å². The second-order valence-corrected chi connectivity index (χ2v) is 3.76. The average Bonchev–Trinajstić information content (AvgIpc) is 2.63. The number of aromatic amines is 1. The van der Waals surface area contributed by atoms with Gasteiger partial charge in [0, 0.05) is 24.7 Å². The maximum Gasteiger partial charge on any atom is 0.226 e. The topological polar surface area (TPSA) is 69.8 Å². The van der Waals surface area contributed by atoms with E-state index in [1.807, 2.05) is 13.1 Å². The molecule has 84 valence electrons. The van der Waals surface area contributed by atoms with Gasteiger partial charge in [-0.2, -0.15) is 5.10 Å². The molecule has 0 unspecified atom stereocenters. The molecule has 1 aromatic heterocycles. The van der Waals surface area contributed by atoms with Crippen molar-refractivity contribution in [3.8, 4) is 0 Å². The quantitative estimate of drug-likeness (QED) is 0.681. The highest BCUT2D eigenvalue weighted by atomic mass is 16.1.